The molecule has 2 rings (SSSR count). The average Bonchev–Trinajstić information content (AvgIpc) is 2.90. The van der Waals surface area contributed by atoms with Crippen molar-refractivity contribution in [1.29, 1.82) is 0 Å². The summed E-state index contributed by atoms with van der Waals surface area (Å²) in [5.74, 6) is 0. The number of anilines is 2. The van der Waals surface area contributed by atoms with Crippen molar-refractivity contribution >= 4 is 11.4 Å². The molecule has 2 aromatic rings. The molecule has 0 aromatic carbocycles. The van der Waals surface area contributed by atoms with Crippen molar-refractivity contribution in [3.63, 3.8) is 0 Å². The lowest BCUT2D eigenvalue weighted by atomic mass is 10.3. The summed E-state index contributed by atoms with van der Waals surface area (Å²) in [6.45, 7) is 4.80. The van der Waals surface area contributed by atoms with E-state index in [0.29, 0.717) is 0 Å². The first-order valence-electron chi connectivity index (χ1n) is 6.28. The summed E-state index contributed by atoms with van der Waals surface area (Å²) in [4.78, 5) is 4.21. The largest absolute Gasteiger partial charge is 0.384 e. The Balaban J connectivity index is 1.81. The van der Waals surface area contributed by atoms with Gasteiger partial charge in [0.25, 0.3) is 0 Å². The second-order valence-corrected chi connectivity index (χ2v) is 4.08. The van der Waals surface area contributed by atoms with Crippen molar-refractivity contribution in [2.24, 2.45) is 0 Å². The SMILES string of the molecule is CCCNc1cncc(NCCn2cccn2)c1. The summed E-state index contributed by atoms with van der Waals surface area (Å²) in [5.41, 5.74) is 2.09. The van der Waals surface area contributed by atoms with Crippen molar-refractivity contribution < 1.29 is 0 Å². The van der Waals surface area contributed by atoms with Gasteiger partial charge in [0.15, 0.2) is 0 Å². The van der Waals surface area contributed by atoms with Crippen LogP contribution < -0.4 is 10.6 Å². The Morgan fingerprint density at radius 2 is 1.94 bits per heavy atom. The first kappa shape index (κ1) is 12.4. The number of nitrogens with one attached hydrogen (secondary N) is 2. The minimum atomic E-state index is 0.834. The molecule has 0 unspecified atom stereocenters. The van der Waals surface area contributed by atoms with Crippen molar-refractivity contribution in [3.8, 4) is 0 Å². The van der Waals surface area contributed by atoms with E-state index in [1.807, 2.05) is 29.3 Å². The topological polar surface area (TPSA) is 54.8 Å². The molecular formula is C13H19N5. The average molecular weight is 245 g/mol. The highest BCUT2D eigenvalue weighted by Gasteiger charge is 1.96. The highest BCUT2D eigenvalue weighted by molar-refractivity contribution is 5.53. The van der Waals surface area contributed by atoms with Crippen molar-refractivity contribution in [2.45, 2.75) is 19.9 Å². The number of aromatic nitrogens is 3. The molecule has 2 heterocycles. The van der Waals surface area contributed by atoms with Crippen LogP contribution in [0.1, 0.15) is 13.3 Å². The first-order chi connectivity index (χ1) is 8.88. The summed E-state index contributed by atoms with van der Waals surface area (Å²) >= 11 is 0. The van der Waals surface area contributed by atoms with Crippen LogP contribution in [-0.2, 0) is 6.54 Å². The van der Waals surface area contributed by atoms with E-state index < -0.39 is 0 Å². The third-order valence-electron chi connectivity index (χ3n) is 2.55. The zero-order valence-electron chi connectivity index (χ0n) is 10.6. The van der Waals surface area contributed by atoms with Gasteiger partial charge in [0.1, 0.15) is 0 Å². The normalized spacial score (nSPS) is 10.3. The zero-order valence-corrected chi connectivity index (χ0v) is 10.6. The molecule has 0 fully saturated rings. The van der Waals surface area contributed by atoms with Gasteiger partial charge in [0.05, 0.1) is 30.3 Å². The molecule has 0 aliphatic rings. The van der Waals surface area contributed by atoms with Crippen LogP contribution >= 0.6 is 0 Å². The summed E-state index contributed by atoms with van der Waals surface area (Å²) in [5, 5.41) is 10.8. The van der Waals surface area contributed by atoms with Gasteiger partial charge in [-0.1, -0.05) is 6.92 Å². The second-order valence-electron chi connectivity index (χ2n) is 4.08. The standard InChI is InChI=1S/C13H19N5/c1-2-4-15-12-9-13(11-14-10-12)16-6-8-18-7-3-5-17-18/h3,5,7,9-11,15-16H,2,4,6,8H2,1H3. The fraction of sp³-hybridized carbons (Fsp3) is 0.385. The van der Waals surface area contributed by atoms with Gasteiger partial charge in [-0.05, 0) is 18.6 Å². The number of rotatable bonds is 7. The molecule has 0 aliphatic carbocycles. The summed E-state index contributed by atoms with van der Waals surface area (Å²) in [6.07, 6.45) is 8.53. The van der Waals surface area contributed by atoms with E-state index in [4.69, 9.17) is 0 Å². The van der Waals surface area contributed by atoms with Crippen LogP contribution in [0.15, 0.2) is 36.9 Å². The molecule has 2 aromatic heterocycles. The molecule has 0 amide bonds. The van der Waals surface area contributed by atoms with Gasteiger partial charge in [-0.25, -0.2) is 0 Å². The van der Waals surface area contributed by atoms with Gasteiger partial charge in [-0.2, -0.15) is 5.10 Å². The lowest BCUT2D eigenvalue weighted by Gasteiger charge is -2.09. The Labute approximate surface area is 107 Å². The molecule has 5 nitrogen and oxygen atoms in total. The van der Waals surface area contributed by atoms with Crippen LogP contribution in [0.25, 0.3) is 0 Å². The minimum Gasteiger partial charge on any atom is -0.384 e. The minimum absolute atomic E-state index is 0.834. The van der Waals surface area contributed by atoms with E-state index in [1.54, 1.807) is 6.20 Å². The van der Waals surface area contributed by atoms with Gasteiger partial charge in [0, 0.05) is 25.5 Å². The monoisotopic (exact) mass is 245 g/mol. The summed E-state index contributed by atoms with van der Waals surface area (Å²) in [6, 6.07) is 4.00. The Bertz CT molecular complexity index is 452. The lowest BCUT2D eigenvalue weighted by molar-refractivity contribution is 0.638. The Kier molecular flexibility index (Phi) is 4.58. The fourth-order valence-electron chi connectivity index (χ4n) is 1.65. The molecule has 0 aliphatic heterocycles. The summed E-state index contributed by atoms with van der Waals surface area (Å²) in [7, 11) is 0. The first-order valence-corrected chi connectivity index (χ1v) is 6.28. The molecule has 0 radical (unpaired) electrons. The van der Waals surface area contributed by atoms with Crippen LogP contribution in [0.3, 0.4) is 0 Å². The lowest BCUT2D eigenvalue weighted by Crippen LogP contribution is -2.11. The third-order valence-corrected chi connectivity index (χ3v) is 2.55. The predicted molar refractivity (Wildman–Crippen MR) is 73.7 cm³/mol. The highest BCUT2D eigenvalue weighted by Crippen LogP contribution is 2.12. The maximum Gasteiger partial charge on any atom is 0.0582 e. The van der Waals surface area contributed by atoms with Crippen LogP contribution in [-0.4, -0.2) is 27.9 Å². The molecule has 0 saturated carbocycles. The van der Waals surface area contributed by atoms with E-state index >= 15 is 0 Å². The Hall–Kier alpha value is -2.04. The highest BCUT2D eigenvalue weighted by atomic mass is 15.3. The van der Waals surface area contributed by atoms with Gasteiger partial charge in [0.2, 0.25) is 0 Å². The quantitative estimate of drug-likeness (QED) is 0.785. The van der Waals surface area contributed by atoms with E-state index in [9.17, 15) is 0 Å². The molecule has 96 valence electrons. The van der Waals surface area contributed by atoms with E-state index in [0.717, 1.165) is 37.4 Å². The Morgan fingerprint density at radius 1 is 1.17 bits per heavy atom. The van der Waals surface area contributed by atoms with Gasteiger partial charge in [-0.15, -0.1) is 0 Å². The van der Waals surface area contributed by atoms with Crippen molar-refractivity contribution in [3.05, 3.63) is 36.9 Å². The maximum atomic E-state index is 4.21. The number of hydrogen-bond donors (Lipinski definition) is 2. The van der Waals surface area contributed by atoms with E-state index in [2.05, 4.69) is 33.7 Å². The van der Waals surface area contributed by atoms with Gasteiger partial charge >= 0.3 is 0 Å². The summed E-state index contributed by atoms with van der Waals surface area (Å²) < 4.78 is 1.90. The van der Waals surface area contributed by atoms with Crippen LogP contribution in [0, 0.1) is 0 Å². The molecule has 0 bridgehead atoms. The van der Waals surface area contributed by atoms with Gasteiger partial charge in [-0.3, -0.25) is 9.67 Å². The van der Waals surface area contributed by atoms with Gasteiger partial charge < -0.3 is 10.6 Å². The van der Waals surface area contributed by atoms with Crippen molar-refractivity contribution in [1.82, 2.24) is 14.8 Å². The number of nitrogens with zero attached hydrogens (tertiary/aromatic N) is 3. The molecule has 2 N–H and O–H groups in total. The predicted octanol–water partition coefficient (Wildman–Crippen LogP) is 2.21. The Morgan fingerprint density at radius 3 is 2.61 bits per heavy atom. The fourth-order valence-corrected chi connectivity index (χ4v) is 1.65. The second kappa shape index (κ2) is 6.64. The van der Waals surface area contributed by atoms with E-state index in [-0.39, 0.29) is 0 Å². The molecule has 0 spiro atoms. The van der Waals surface area contributed by atoms with Crippen LogP contribution in [0.4, 0.5) is 11.4 Å². The molecule has 18 heavy (non-hydrogen) atoms. The zero-order chi connectivity index (χ0) is 12.6. The number of pyridine rings is 1. The molecule has 5 heteroatoms. The third kappa shape index (κ3) is 3.76. The molecular weight excluding hydrogens is 226 g/mol. The smallest absolute Gasteiger partial charge is 0.0582 e. The molecule has 0 saturated heterocycles. The number of hydrogen-bond acceptors (Lipinski definition) is 4. The maximum absolute atomic E-state index is 4.21. The van der Waals surface area contributed by atoms with Crippen molar-refractivity contribution in [2.75, 3.05) is 23.7 Å². The molecule has 0 atom stereocenters. The van der Waals surface area contributed by atoms with Crippen LogP contribution in [0.2, 0.25) is 0 Å². The van der Waals surface area contributed by atoms with E-state index in [1.165, 1.54) is 0 Å². The van der Waals surface area contributed by atoms with Crippen LogP contribution in [0.5, 0.6) is 0 Å².